The van der Waals surface area contributed by atoms with Crippen LogP contribution in [0, 0.1) is 5.82 Å². The van der Waals surface area contributed by atoms with E-state index in [-0.39, 0.29) is 17.5 Å². The number of rotatable bonds is 4. The Kier molecular flexibility index (Phi) is 3.89. The van der Waals surface area contributed by atoms with Crippen molar-refractivity contribution in [2.24, 2.45) is 0 Å². The van der Waals surface area contributed by atoms with Crippen molar-refractivity contribution in [1.82, 2.24) is 0 Å². The van der Waals surface area contributed by atoms with Crippen LogP contribution in [0.15, 0.2) is 42.5 Å². The van der Waals surface area contributed by atoms with Crippen LogP contribution in [0.2, 0.25) is 0 Å². The second-order valence-electron chi connectivity index (χ2n) is 4.35. The monoisotopic (exact) mass is 275 g/mol. The van der Waals surface area contributed by atoms with E-state index >= 15 is 0 Å². The van der Waals surface area contributed by atoms with Crippen LogP contribution in [-0.2, 0) is 0 Å². The number of carboxylic acid groups (broad SMARTS) is 1. The van der Waals surface area contributed by atoms with Crippen LogP contribution in [0.5, 0.6) is 5.75 Å². The molecule has 2 aromatic carbocycles. The number of hydrogen-bond donors (Lipinski definition) is 2. The number of hydrogen-bond acceptors (Lipinski definition) is 3. The summed E-state index contributed by atoms with van der Waals surface area (Å²) in [5.74, 6) is -2.11. The van der Waals surface area contributed by atoms with E-state index in [1.54, 1.807) is 6.92 Å². The third-order valence-corrected chi connectivity index (χ3v) is 2.90. The van der Waals surface area contributed by atoms with Gasteiger partial charge < -0.3 is 15.6 Å². The molecule has 0 spiro atoms. The number of benzene rings is 2. The standard InChI is InChI=1S/C15H14FNO3/c1-9(10-5-3-2-4-6-10)20-14-8-12(16)11(15(18)19)7-13(14)17/h2-9H,17H2,1H3,(H,18,19). The number of nitrogen functional groups attached to an aromatic ring is 1. The number of anilines is 1. The van der Waals surface area contributed by atoms with Crippen LogP contribution in [0.1, 0.15) is 28.9 Å². The number of carbonyl (C=O) groups is 1. The zero-order chi connectivity index (χ0) is 14.7. The summed E-state index contributed by atoms with van der Waals surface area (Å²) in [5.41, 5.74) is 6.23. The lowest BCUT2D eigenvalue weighted by Crippen LogP contribution is -2.08. The van der Waals surface area contributed by atoms with Crippen LogP contribution in [0.4, 0.5) is 10.1 Å². The Bertz CT molecular complexity index is 629. The van der Waals surface area contributed by atoms with Crippen molar-refractivity contribution in [2.45, 2.75) is 13.0 Å². The van der Waals surface area contributed by atoms with E-state index in [0.29, 0.717) is 0 Å². The summed E-state index contributed by atoms with van der Waals surface area (Å²) in [6.07, 6.45) is -0.325. The molecule has 5 heteroatoms. The van der Waals surface area contributed by atoms with Gasteiger partial charge in [0.15, 0.2) is 0 Å². The van der Waals surface area contributed by atoms with E-state index in [1.807, 2.05) is 30.3 Å². The molecule has 0 bridgehead atoms. The molecule has 0 saturated heterocycles. The smallest absolute Gasteiger partial charge is 0.338 e. The van der Waals surface area contributed by atoms with Crippen LogP contribution in [-0.4, -0.2) is 11.1 Å². The molecule has 104 valence electrons. The zero-order valence-corrected chi connectivity index (χ0v) is 10.8. The van der Waals surface area contributed by atoms with Gasteiger partial charge in [-0.1, -0.05) is 30.3 Å². The average Bonchev–Trinajstić information content (AvgIpc) is 2.43. The molecular formula is C15H14FNO3. The molecule has 3 N–H and O–H groups in total. The predicted molar refractivity (Wildman–Crippen MR) is 73.3 cm³/mol. The normalized spacial score (nSPS) is 11.9. The summed E-state index contributed by atoms with van der Waals surface area (Å²) >= 11 is 0. The third kappa shape index (κ3) is 2.88. The third-order valence-electron chi connectivity index (χ3n) is 2.90. The summed E-state index contributed by atoms with van der Waals surface area (Å²) in [5, 5.41) is 8.80. The molecule has 2 aromatic rings. The lowest BCUT2D eigenvalue weighted by molar-refractivity contribution is 0.0692. The Morgan fingerprint density at radius 1 is 1.30 bits per heavy atom. The van der Waals surface area contributed by atoms with Gasteiger partial charge in [0.05, 0.1) is 11.3 Å². The van der Waals surface area contributed by atoms with Crippen LogP contribution >= 0.6 is 0 Å². The van der Waals surface area contributed by atoms with E-state index in [2.05, 4.69) is 0 Å². The molecule has 0 aliphatic heterocycles. The highest BCUT2D eigenvalue weighted by molar-refractivity contribution is 5.89. The highest BCUT2D eigenvalue weighted by Crippen LogP contribution is 2.29. The van der Waals surface area contributed by atoms with E-state index in [0.717, 1.165) is 17.7 Å². The molecule has 0 aromatic heterocycles. The van der Waals surface area contributed by atoms with Crippen molar-refractivity contribution in [3.8, 4) is 5.75 Å². The number of halogens is 1. The molecule has 4 nitrogen and oxygen atoms in total. The molecule has 1 unspecified atom stereocenters. The molecule has 0 aliphatic rings. The topological polar surface area (TPSA) is 72.5 Å². The Morgan fingerprint density at radius 2 is 1.95 bits per heavy atom. The van der Waals surface area contributed by atoms with Crippen LogP contribution < -0.4 is 10.5 Å². The Hall–Kier alpha value is -2.56. The molecule has 0 aliphatic carbocycles. The fourth-order valence-electron chi connectivity index (χ4n) is 1.82. The SMILES string of the molecule is CC(Oc1cc(F)c(C(=O)O)cc1N)c1ccccc1. The maximum absolute atomic E-state index is 13.6. The summed E-state index contributed by atoms with van der Waals surface area (Å²) in [6.45, 7) is 1.80. The van der Waals surface area contributed by atoms with Gasteiger partial charge in [0, 0.05) is 6.07 Å². The molecule has 0 amide bonds. The minimum atomic E-state index is -1.36. The second-order valence-corrected chi connectivity index (χ2v) is 4.35. The quantitative estimate of drug-likeness (QED) is 0.840. The summed E-state index contributed by atoms with van der Waals surface area (Å²) < 4.78 is 19.2. The van der Waals surface area contributed by atoms with Crippen molar-refractivity contribution in [2.75, 3.05) is 5.73 Å². The average molecular weight is 275 g/mol. The fraction of sp³-hybridized carbons (Fsp3) is 0.133. The maximum atomic E-state index is 13.6. The first-order valence-corrected chi connectivity index (χ1v) is 6.03. The van der Waals surface area contributed by atoms with E-state index < -0.39 is 17.3 Å². The molecule has 1 atom stereocenters. The van der Waals surface area contributed by atoms with Crippen LogP contribution in [0.3, 0.4) is 0 Å². The van der Waals surface area contributed by atoms with Crippen molar-refractivity contribution in [1.29, 1.82) is 0 Å². The number of ether oxygens (including phenoxy) is 1. The molecular weight excluding hydrogens is 261 g/mol. The Labute approximate surface area is 115 Å². The minimum absolute atomic E-state index is 0.0894. The maximum Gasteiger partial charge on any atom is 0.338 e. The summed E-state index contributed by atoms with van der Waals surface area (Å²) in [7, 11) is 0. The van der Waals surface area contributed by atoms with Gasteiger partial charge in [-0.3, -0.25) is 0 Å². The van der Waals surface area contributed by atoms with Gasteiger partial charge in [-0.15, -0.1) is 0 Å². The molecule has 0 radical (unpaired) electrons. The first-order valence-electron chi connectivity index (χ1n) is 6.03. The van der Waals surface area contributed by atoms with Crippen molar-refractivity contribution in [3.05, 3.63) is 59.4 Å². The van der Waals surface area contributed by atoms with E-state index in [1.165, 1.54) is 0 Å². The number of carboxylic acids is 1. The van der Waals surface area contributed by atoms with E-state index in [4.69, 9.17) is 15.6 Å². The second kappa shape index (κ2) is 5.61. The van der Waals surface area contributed by atoms with Gasteiger partial charge in [-0.25, -0.2) is 9.18 Å². The lowest BCUT2D eigenvalue weighted by Gasteiger charge is -2.17. The Balaban J connectivity index is 2.26. The molecule has 0 saturated carbocycles. The first kappa shape index (κ1) is 13.9. The van der Waals surface area contributed by atoms with Crippen LogP contribution in [0.25, 0.3) is 0 Å². The lowest BCUT2D eigenvalue weighted by atomic mass is 10.1. The van der Waals surface area contributed by atoms with Gasteiger partial charge in [0.2, 0.25) is 0 Å². The largest absolute Gasteiger partial charge is 0.484 e. The summed E-state index contributed by atoms with van der Waals surface area (Å²) in [4.78, 5) is 10.8. The minimum Gasteiger partial charge on any atom is -0.484 e. The molecule has 2 rings (SSSR count). The van der Waals surface area contributed by atoms with Gasteiger partial charge >= 0.3 is 5.97 Å². The van der Waals surface area contributed by atoms with Gasteiger partial charge in [0.1, 0.15) is 17.7 Å². The fourth-order valence-corrected chi connectivity index (χ4v) is 1.82. The molecule has 0 heterocycles. The molecule has 0 fully saturated rings. The van der Waals surface area contributed by atoms with E-state index in [9.17, 15) is 9.18 Å². The summed E-state index contributed by atoms with van der Waals surface area (Å²) in [6, 6.07) is 11.4. The number of nitrogens with two attached hydrogens (primary N) is 1. The van der Waals surface area contributed by atoms with Crippen molar-refractivity contribution < 1.29 is 19.0 Å². The van der Waals surface area contributed by atoms with Crippen molar-refractivity contribution in [3.63, 3.8) is 0 Å². The zero-order valence-electron chi connectivity index (χ0n) is 10.8. The van der Waals surface area contributed by atoms with Gasteiger partial charge in [-0.05, 0) is 18.6 Å². The predicted octanol–water partition coefficient (Wildman–Crippen LogP) is 3.25. The molecule has 20 heavy (non-hydrogen) atoms. The van der Waals surface area contributed by atoms with Gasteiger partial charge in [-0.2, -0.15) is 0 Å². The first-order chi connectivity index (χ1) is 9.49. The number of aromatic carboxylic acids is 1. The Morgan fingerprint density at radius 3 is 2.55 bits per heavy atom. The van der Waals surface area contributed by atoms with Crippen molar-refractivity contribution >= 4 is 11.7 Å². The highest BCUT2D eigenvalue weighted by atomic mass is 19.1. The highest BCUT2D eigenvalue weighted by Gasteiger charge is 2.16. The van der Waals surface area contributed by atoms with Gasteiger partial charge in [0.25, 0.3) is 0 Å².